The predicted octanol–water partition coefficient (Wildman–Crippen LogP) is 3.38. The van der Waals surface area contributed by atoms with Crippen molar-refractivity contribution in [1.82, 2.24) is 5.32 Å². The Kier molecular flexibility index (Phi) is 7.98. The third-order valence-electron chi connectivity index (χ3n) is 3.26. The lowest BCUT2D eigenvalue weighted by Crippen LogP contribution is -2.29. The molecule has 0 aliphatic carbocycles. The molecule has 0 aliphatic rings. The second kappa shape index (κ2) is 10.5. The van der Waals surface area contributed by atoms with E-state index < -0.39 is 0 Å². The zero-order chi connectivity index (χ0) is 17.9. The maximum atomic E-state index is 11.9. The number of hydrogen-bond donors (Lipinski definition) is 1. The van der Waals surface area contributed by atoms with Crippen LogP contribution in [0.2, 0.25) is 0 Å². The first-order valence-electron chi connectivity index (χ1n) is 8.10. The summed E-state index contributed by atoms with van der Waals surface area (Å²) in [6.45, 7) is 3.49. The molecule has 0 saturated carbocycles. The Hall–Kier alpha value is -2.34. The Morgan fingerprint density at radius 1 is 0.960 bits per heavy atom. The molecule has 134 valence electrons. The van der Waals surface area contributed by atoms with Crippen LogP contribution in [0, 0.1) is 0 Å². The van der Waals surface area contributed by atoms with Gasteiger partial charge >= 0.3 is 0 Å². The minimum Gasteiger partial charge on any atom is -0.497 e. The Morgan fingerprint density at radius 2 is 1.56 bits per heavy atom. The molecule has 0 atom stereocenters. The highest BCUT2D eigenvalue weighted by molar-refractivity contribution is 8.00. The van der Waals surface area contributed by atoms with Gasteiger partial charge in [-0.05, 0) is 55.5 Å². The molecule has 0 saturated heterocycles. The molecule has 0 heterocycles. The van der Waals surface area contributed by atoms with Crippen LogP contribution in [0.1, 0.15) is 6.92 Å². The van der Waals surface area contributed by atoms with E-state index in [2.05, 4.69) is 5.32 Å². The molecule has 0 aromatic heterocycles. The second-order valence-corrected chi connectivity index (χ2v) is 6.12. The first-order valence-corrected chi connectivity index (χ1v) is 9.09. The monoisotopic (exact) mass is 361 g/mol. The van der Waals surface area contributed by atoms with Crippen LogP contribution in [0.25, 0.3) is 0 Å². The summed E-state index contributed by atoms with van der Waals surface area (Å²) < 4.78 is 16.0. The van der Waals surface area contributed by atoms with Crippen molar-refractivity contribution in [3.8, 4) is 17.2 Å². The molecule has 2 aromatic carbocycles. The molecule has 6 heteroatoms. The van der Waals surface area contributed by atoms with Gasteiger partial charge in [0.1, 0.15) is 23.9 Å². The lowest BCUT2D eigenvalue weighted by molar-refractivity contribution is -0.118. The molecule has 2 aromatic rings. The number of benzene rings is 2. The first kappa shape index (κ1) is 19.0. The van der Waals surface area contributed by atoms with Crippen LogP contribution in [0.4, 0.5) is 0 Å². The van der Waals surface area contributed by atoms with Crippen molar-refractivity contribution in [3.05, 3.63) is 48.5 Å². The van der Waals surface area contributed by atoms with Crippen LogP contribution in [-0.2, 0) is 4.79 Å². The van der Waals surface area contributed by atoms with Gasteiger partial charge in [0.25, 0.3) is 0 Å². The summed E-state index contributed by atoms with van der Waals surface area (Å²) in [5.74, 6) is 2.73. The van der Waals surface area contributed by atoms with Crippen molar-refractivity contribution < 1.29 is 19.0 Å². The van der Waals surface area contributed by atoms with E-state index in [4.69, 9.17) is 14.2 Å². The van der Waals surface area contributed by atoms with Gasteiger partial charge in [0.2, 0.25) is 5.91 Å². The number of nitrogens with one attached hydrogen (secondary N) is 1. The quantitative estimate of drug-likeness (QED) is 0.519. The van der Waals surface area contributed by atoms with E-state index >= 15 is 0 Å². The van der Waals surface area contributed by atoms with Crippen molar-refractivity contribution >= 4 is 17.7 Å². The molecule has 0 fully saturated rings. The van der Waals surface area contributed by atoms with Crippen LogP contribution in [0.15, 0.2) is 53.4 Å². The maximum absolute atomic E-state index is 11.9. The third-order valence-corrected chi connectivity index (χ3v) is 4.27. The van der Waals surface area contributed by atoms with Gasteiger partial charge in [0.15, 0.2) is 0 Å². The molecule has 1 amide bonds. The minimum absolute atomic E-state index is 0.0165. The molecule has 25 heavy (non-hydrogen) atoms. The van der Waals surface area contributed by atoms with Crippen LogP contribution in [-0.4, -0.2) is 38.5 Å². The van der Waals surface area contributed by atoms with Gasteiger partial charge in [-0.15, -0.1) is 11.8 Å². The molecule has 5 nitrogen and oxygen atoms in total. The Balaban J connectivity index is 1.61. The van der Waals surface area contributed by atoms with Crippen LogP contribution in [0.5, 0.6) is 17.2 Å². The average Bonchev–Trinajstić information content (AvgIpc) is 2.65. The Bertz CT molecular complexity index is 643. The largest absolute Gasteiger partial charge is 0.497 e. The van der Waals surface area contributed by atoms with Gasteiger partial charge in [-0.25, -0.2) is 0 Å². The summed E-state index contributed by atoms with van der Waals surface area (Å²) in [6.07, 6.45) is 0. The number of amides is 1. The number of methoxy groups -OCH3 is 1. The van der Waals surface area contributed by atoms with Gasteiger partial charge in [0, 0.05) is 4.90 Å². The molecule has 0 radical (unpaired) electrons. The van der Waals surface area contributed by atoms with Crippen LogP contribution in [0.3, 0.4) is 0 Å². The van der Waals surface area contributed by atoms with E-state index in [-0.39, 0.29) is 5.91 Å². The maximum Gasteiger partial charge on any atom is 0.230 e. The van der Waals surface area contributed by atoms with Gasteiger partial charge in [-0.3, -0.25) is 4.79 Å². The number of thioether (sulfide) groups is 1. The van der Waals surface area contributed by atoms with E-state index in [1.54, 1.807) is 7.11 Å². The van der Waals surface area contributed by atoms with Gasteiger partial charge in [-0.1, -0.05) is 0 Å². The fourth-order valence-electron chi connectivity index (χ4n) is 2.03. The lowest BCUT2D eigenvalue weighted by Gasteiger charge is -2.08. The van der Waals surface area contributed by atoms with Crippen molar-refractivity contribution in [2.75, 3.05) is 32.6 Å². The molecule has 2 rings (SSSR count). The topological polar surface area (TPSA) is 56.8 Å². The number of rotatable bonds is 10. The van der Waals surface area contributed by atoms with Crippen LogP contribution >= 0.6 is 11.8 Å². The summed E-state index contributed by atoms with van der Waals surface area (Å²) >= 11 is 1.49. The standard InChI is InChI=1S/C19H23NO4S/c1-3-23-16-8-10-18(11-9-16)25-14-19(21)20-12-13-24-17-6-4-15(22-2)5-7-17/h4-11H,3,12-14H2,1-2H3,(H,20,21). The van der Waals surface area contributed by atoms with E-state index in [1.165, 1.54) is 11.8 Å². The highest BCUT2D eigenvalue weighted by atomic mass is 32.2. The predicted molar refractivity (Wildman–Crippen MR) is 99.8 cm³/mol. The van der Waals surface area contributed by atoms with Gasteiger partial charge < -0.3 is 19.5 Å². The van der Waals surface area contributed by atoms with Crippen molar-refractivity contribution in [2.24, 2.45) is 0 Å². The molecular weight excluding hydrogens is 338 g/mol. The molecule has 0 bridgehead atoms. The molecule has 1 N–H and O–H groups in total. The fourth-order valence-corrected chi connectivity index (χ4v) is 2.76. The zero-order valence-electron chi connectivity index (χ0n) is 14.5. The van der Waals surface area contributed by atoms with Crippen molar-refractivity contribution in [2.45, 2.75) is 11.8 Å². The average molecular weight is 361 g/mol. The highest BCUT2D eigenvalue weighted by Crippen LogP contribution is 2.21. The van der Waals surface area contributed by atoms with E-state index in [0.717, 1.165) is 22.1 Å². The highest BCUT2D eigenvalue weighted by Gasteiger charge is 2.03. The zero-order valence-corrected chi connectivity index (χ0v) is 15.3. The number of carbonyl (C=O) groups excluding carboxylic acids is 1. The summed E-state index contributed by atoms with van der Waals surface area (Å²) in [5, 5.41) is 2.84. The fraction of sp³-hybridized carbons (Fsp3) is 0.316. The second-order valence-electron chi connectivity index (χ2n) is 5.07. The lowest BCUT2D eigenvalue weighted by atomic mass is 10.3. The molecule has 0 spiro atoms. The molecular formula is C19H23NO4S. The number of ether oxygens (including phenoxy) is 3. The third kappa shape index (κ3) is 6.97. The van der Waals surface area contributed by atoms with Crippen molar-refractivity contribution in [1.29, 1.82) is 0 Å². The first-order chi connectivity index (χ1) is 12.2. The van der Waals surface area contributed by atoms with E-state index in [9.17, 15) is 4.79 Å². The van der Waals surface area contributed by atoms with Crippen molar-refractivity contribution in [3.63, 3.8) is 0 Å². The van der Waals surface area contributed by atoms with Crippen LogP contribution < -0.4 is 19.5 Å². The normalized spacial score (nSPS) is 10.2. The minimum atomic E-state index is -0.0165. The smallest absolute Gasteiger partial charge is 0.230 e. The molecule has 0 unspecified atom stereocenters. The summed E-state index contributed by atoms with van der Waals surface area (Å²) in [6, 6.07) is 15.1. The molecule has 0 aliphatic heterocycles. The Morgan fingerprint density at radius 3 is 2.20 bits per heavy atom. The van der Waals surface area contributed by atoms with E-state index in [0.29, 0.717) is 25.5 Å². The van der Waals surface area contributed by atoms with Gasteiger partial charge in [0.05, 0.1) is 26.0 Å². The summed E-state index contributed by atoms with van der Waals surface area (Å²) in [5.41, 5.74) is 0. The van der Waals surface area contributed by atoms with Gasteiger partial charge in [-0.2, -0.15) is 0 Å². The number of hydrogen-bond acceptors (Lipinski definition) is 5. The van der Waals surface area contributed by atoms with E-state index in [1.807, 2.05) is 55.5 Å². The Labute approximate surface area is 152 Å². The number of carbonyl (C=O) groups is 1. The SMILES string of the molecule is CCOc1ccc(SCC(=O)NCCOc2ccc(OC)cc2)cc1. The summed E-state index contributed by atoms with van der Waals surface area (Å²) in [7, 11) is 1.62. The summed E-state index contributed by atoms with van der Waals surface area (Å²) in [4.78, 5) is 12.9.